The Labute approximate surface area is 195 Å². The summed E-state index contributed by atoms with van der Waals surface area (Å²) in [5.74, 6) is -0.723. The van der Waals surface area contributed by atoms with Gasteiger partial charge in [0.15, 0.2) is 0 Å². The summed E-state index contributed by atoms with van der Waals surface area (Å²) in [6.45, 7) is 4.43. The average Bonchev–Trinajstić information content (AvgIpc) is 3.25. The maximum Gasteiger partial charge on any atom is 0.261 e. The Balaban J connectivity index is 1.27. The van der Waals surface area contributed by atoms with Crippen LogP contribution in [-0.2, 0) is 11.3 Å². The van der Waals surface area contributed by atoms with Gasteiger partial charge in [0.2, 0.25) is 5.91 Å². The van der Waals surface area contributed by atoms with E-state index in [2.05, 4.69) is 10.3 Å². The lowest BCUT2D eigenvalue weighted by Crippen LogP contribution is -2.32. The number of nitrogens with one attached hydrogen (secondary N) is 1. The number of aromatic nitrogens is 1. The van der Waals surface area contributed by atoms with Gasteiger partial charge in [0.1, 0.15) is 5.01 Å². The number of thiazole rings is 1. The van der Waals surface area contributed by atoms with E-state index < -0.39 is 0 Å². The van der Waals surface area contributed by atoms with Gasteiger partial charge in [-0.25, -0.2) is 4.98 Å². The topological polar surface area (TPSA) is 79.4 Å². The number of amides is 3. The molecule has 0 fully saturated rings. The highest BCUT2D eigenvalue weighted by Crippen LogP contribution is 2.28. The van der Waals surface area contributed by atoms with Crippen LogP contribution in [0.4, 0.5) is 0 Å². The van der Waals surface area contributed by atoms with Gasteiger partial charge in [-0.2, -0.15) is 0 Å². The normalized spacial score (nSPS) is 12.9. The molecular formula is C24H22ClN3O3S. The van der Waals surface area contributed by atoms with E-state index in [1.54, 1.807) is 12.1 Å². The van der Waals surface area contributed by atoms with Gasteiger partial charge in [0.05, 0.1) is 23.4 Å². The summed E-state index contributed by atoms with van der Waals surface area (Å²) in [6.07, 6.45) is 0.629. The van der Waals surface area contributed by atoms with E-state index in [1.165, 1.54) is 16.2 Å². The molecule has 2 aromatic carbocycles. The lowest BCUT2D eigenvalue weighted by Gasteiger charge is -2.13. The first-order valence-corrected chi connectivity index (χ1v) is 11.5. The van der Waals surface area contributed by atoms with Crippen LogP contribution in [0.3, 0.4) is 0 Å². The molecule has 4 rings (SSSR count). The van der Waals surface area contributed by atoms with Gasteiger partial charge in [-0.1, -0.05) is 35.4 Å². The van der Waals surface area contributed by atoms with Crippen LogP contribution in [0.15, 0.2) is 42.5 Å². The minimum absolute atomic E-state index is 0.140. The molecule has 0 atom stereocenters. The van der Waals surface area contributed by atoms with Crippen molar-refractivity contribution in [1.29, 1.82) is 0 Å². The van der Waals surface area contributed by atoms with Crippen molar-refractivity contribution in [1.82, 2.24) is 15.2 Å². The molecule has 1 aromatic heterocycles. The molecule has 6 nitrogen and oxygen atoms in total. The second kappa shape index (κ2) is 9.22. The monoisotopic (exact) mass is 467 g/mol. The van der Waals surface area contributed by atoms with Crippen LogP contribution < -0.4 is 5.32 Å². The van der Waals surface area contributed by atoms with Crippen molar-refractivity contribution in [3.63, 3.8) is 0 Å². The molecular weight excluding hydrogens is 446 g/mol. The fourth-order valence-corrected chi connectivity index (χ4v) is 4.69. The molecule has 1 aliphatic rings. The Morgan fingerprint density at radius 3 is 2.53 bits per heavy atom. The Hall–Kier alpha value is -3.03. The predicted molar refractivity (Wildman–Crippen MR) is 125 cm³/mol. The molecule has 164 valence electrons. The number of aryl methyl sites for hydroxylation is 2. The minimum atomic E-state index is -0.293. The van der Waals surface area contributed by atoms with Crippen LogP contribution in [0.5, 0.6) is 0 Å². The number of nitrogens with zero attached hydrogens (tertiary/aromatic N) is 2. The number of fused-ring (bicyclic) bond motifs is 1. The van der Waals surface area contributed by atoms with Gasteiger partial charge >= 0.3 is 0 Å². The summed E-state index contributed by atoms with van der Waals surface area (Å²) < 4.78 is 0. The van der Waals surface area contributed by atoms with Crippen molar-refractivity contribution in [2.75, 3.05) is 6.54 Å². The molecule has 1 aliphatic heterocycles. The fourth-order valence-electron chi connectivity index (χ4n) is 3.67. The molecule has 3 aromatic rings. The number of carbonyl (C=O) groups is 3. The highest BCUT2D eigenvalue weighted by Gasteiger charge is 2.34. The molecule has 0 unspecified atom stereocenters. The standard InChI is InChI=1S/C24H22ClN3O3S/c1-14-5-10-18-19(12-14)24(31)28(23(18)30)11-3-4-20(29)26-13-21-27-22(15(2)32-21)16-6-8-17(25)9-7-16/h5-10,12H,3-4,11,13H2,1-2H3,(H,26,29). The van der Waals surface area contributed by atoms with Crippen molar-refractivity contribution in [2.45, 2.75) is 33.2 Å². The van der Waals surface area contributed by atoms with Crippen molar-refractivity contribution in [3.8, 4) is 11.3 Å². The fraction of sp³-hybridized carbons (Fsp3) is 0.250. The number of hydrogen-bond acceptors (Lipinski definition) is 5. The third kappa shape index (κ3) is 4.59. The SMILES string of the molecule is Cc1ccc2c(c1)C(=O)N(CCCC(=O)NCc1nc(-c3ccc(Cl)cc3)c(C)s1)C2=O. The molecule has 2 heterocycles. The summed E-state index contributed by atoms with van der Waals surface area (Å²) >= 11 is 7.49. The van der Waals surface area contributed by atoms with Crippen LogP contribution in [0, 0.1) is 13.8 Å². The Morgan fingerprint density at radius 2 is 1.78 bits per heavy atom. The van der Waals surface area contributed by atoms with Crippen molar-refractivity contribution < 1.29 is 14.4 Å². The van der Waals surface area contributed by atoms with Crippen LogP contribution >= 0.6 is 22.9 Å². The second-order valence-corrected chi connectivity index (χ2v) is 9.43. The lowest BCUT2D eigenvalue weighted by molar-refractivity contribution is -0.121. The van der Waals surface area contributed by atoms with Crippen LogP contribution in [0.2, 0.25) is 5.02 Å². The van der Waals surface area contributed by atoms with Gasteiger partial charge in [0, 0.05) is 28.4 Å². The molecule has 0 bridgehead atoms. The molecule has 0 saturated carbocycles. The summed E-state index contributed by atoms with van der Waals surface area (Å²) in [5, 5.41) is 4.36. The first kappa shape index (κ1) is 22.2. The van der Waals surface area contributed by atoms with Gasteiger partial charge in [-0.15, -0.1) is 11.3 Å². The van der Waals surface area contributed by atoms with E-state index in [-0.39, 0.29) is 30.7 Å². The summed E-state index contributed by atoms with van der Waals surface area (Å²) in [5.41, 5.74) is 3.67. The van der Waals surface area contributed by atoms with E-state index in [1.807, 2.05) is 44.2 Å². The largest absolute Gasteiger partial charge is 0.350 e. The number of carbonyl (C=O) groups excluding carboxylic acids is 3. The number of halogens is 1. The van der Waals surface area contributed by atoms with E-state index in [0.717, 1.165) is 26.7 Å². The molecule has 0 aliphatic carbocycles. The van der Waals surface area contributed by atoms with Crippen molar-refractivity contribution in [2.24, 2.45) is 0 Å². The second-order valence-electron chi connectivity index (χ2n) is 7.71. The van der Waals surface area contributed by atoms with Crippen LogP contribution in [0.1, 0.15) is 49.0 Å². The van der Waals surface area contributed by atoms with Gasteiger partial charge in [-0.05, 0) is 44.5 Å². The Morgan fingerprint density at radius 1 is 1.06 bits per heavy atom. The van der Waals surface area contributed by atoms with Gasteiger partial charge in [-0.3, -0.25) is 19.3 Å². The smallest absolute Gasteiger partial charge is 0.261 e. The van der Waals surface area contributed by atoms with Crippen LogP contribution in [0.25, 0.3) is 11.3 Å². The Kier molecular flexibility index (Phi) is 6.39. The lowest BCUT2D eigenvalue weighted by atomic mass is 10.1. The van der Waals surface area contributed by atoms with Crippen LogP contribution in [-0.4, -0.2) is 34.2 Å². The highest BCUT2D eigenvalue weighted by atomic mass is 35.5. The van der Waals surface area contributed by atoms with Gasteiger partial charge < -0.3 is 5.32 Å². The van der Waals surface area contributed by atoms with E-state index in [4.69, 9.17) is 11.6 Å². The first-order chi connectivity index (χ1) is 15.3. The third-order valence-electron chi connectivity index (χ3n) is 5.31. The molecule has 3 amide bonds. The summed E-state index contributed by atoms with van der Waals surface area (Å²) in [4.78, 5) is 44.2. The maximum atomic E-state index is 12.5. The number of hydrogen-bond donors (Lipinski definition) is 1. The molecule has 0 saturated heterocycles. The zero-order valence-corrected chi connectivity index (χ0v) is 19.3. The molecule has 0 spiro atoms. The predicted octanol–water partition coefficient (Wildman–Crippen LogP) is 4.77. The first-order valence-electron chi connectivity index (χ1n) is 10.3. The number of benzene rings is 2. The summed E-state index contributed by atoms with van der Waals surface area (Å²) in [7, 11) is 0. The van der Waals surface area contributed by atoms with Gasteiger partial charge in [0.25, 0.3) is 11.8 Å². The molecule has 0 radical (unpaired) electrons. The quantitative estimate of drug-likeness (QED) is 0.507. The highest BCUT2D eigenvalue weighted by molar-refractivity contribution is 7.12. The molecule has 32 heavy (non-hydrogen) atoms. The van der Waals surface area contributed by atoms with E-state index in [9.17, 15) is 14.4 Å². The third-order valence-corrected chi connectivity index (χ3v) is 6.53. The molecule has 1 N–H and O–H groups in total. The minimum Gasteiger partial charge on any atom is -0.350 e. The average molecular weight is 468 g/mol. The zero-order valence-electron chi connectivity index (χ0n) is 17.8. The van der Waals surface area contributed by atoms with E-state index >= 15 is 0 Å². The van der Waals surface area contributed by atoms with E-state index in [0.29, 0.717) is 29.1 Å². The number of imide groups is 1. The zero-order chi connectivity index (χ0) is 22.8. The molecule has 8 heteroatoms. The maximum absolute atomic E-state index is 12.5. The Bertz CT molecular complexity index is 1200. The summed E-state index contributed by atoms with van der Waals surface area (Å²) in [6, 6.07) is 12.7. The van der Waals surface area contributed by atoms with Crippen molar-refractivity contribution >= 4 is 40.7 Å². The van der Waals surface area contributed by atoms with Crippen molar-refractivity contribution in [3.05, 3.63) is 74.1 Å². The number of rotatable bonds is 7.